The summed E-state index contributed by atoms with van der Waals surface area (Å²) in [6, 6.07) is 5.63. The second-order valence-electron chi connectivity index (χ2n) is 4.96. The van der Waals surface area contributed by atoms with Gasteiger partial charge in [-0.1, -0.05) is 29.3 Å². The van der Waals surface area contributed by atoms with Gasteiger partial charge in [-0.3, -0.25) is 4.99 Å². The Morgan fingerprint density at radius 1 is 1.36 bits per heavy atom. The molecular weight excluding hydrogens is 321 g/mol. The second kappa shape index (κ2) is 7.51. The normalized spacial score (nSPS) is 11.6. The molecule has 1 N–H and O–H groups in total. The Kier molecular flexibility index (Phi) is 5.69. The molecule has 1 aromatic heterocycles. The van der Waals surface area contributed by atoms with Crippen molar-refractivity contribution in [2.24, 2.45) is 12.0 Å². The van der Waals surface area contributed by atoms with Crippen molar-refractivity contribution in [2.75, 3.05) is 14.1 Å². The van der Waals surface area contributed by atoms with E-state index in [1.165, 1.54) is 0 Å². The van der Waals surface area contributed by atoms with E-state index in [0.29, 0.717) is 23.1 Å². The van der Waals surface area contributed by atoms with Gasteiger partial charge in [-0.2, -0.15) is 0 Å². The summed E-state index contributed by atoms with van der Waals surface area (Å²) in [5.41, 5.74) is 1.07. The number of aryl methyl sites for hydroxylation is 1. The van der Waals surface area contributed by atoms with E-state index in [0.717, 1.165) is 17.3 Å². The molecule has 118 valence electrons. The van der Waals surface area contributed by atoms with Crippen molar-refractivity contribution < 1.29 is 0 Å². The standard InChI is InChI=1S/C15H19Cl2N5/c1-18-15(20-9-14-19-6-7-21(14)2)22(3)10-11-4-5-12(16)13(17)8-11/h4-8H,9-10H2,1-3H3,(H,18,20). The van der Waals surface area contributed by atoms with E-state index in [4.69, 9.17) is 23.2 Å². The molecule has 0 aliphatic carbocycles. The highest BCUT2D eigenvalue weighted by Gasteiger charge is 2.09. The Hall–Kier alpha value is -1.72. The molecule has 0 saturated carbocycles. The van der Waals surface area contributed by atoms with Crippen LogP contribution in [0.4, 0.5) is 0 Å². The molecule has 0 bridgehead atoms. The summed E-state index contributed by atoms with van der Waals surface area (Å²) in [4.78, 5) is 10.6. The number of hydrogen-bond acceptors (Lipinski definition) is 2. The Morgan fingerprint density at radius 2 is 2.14 bits per heavy atom. The molecule has 22 heavy (non-hydrogen) atoms. The van der Waals surface area contributed by atoms with E-state index in [1.54, 1.807) is 19.3 Å². The Balaban J connectivity index is 1.98. The zero-order valence-corrected chi connectivity index (χ0v) is 14.4. The van der Waals surface area contributed by atoms with E-state index in [9.17, 15) is 0 Å². The van der Waals surface area contributed by atoms with Crippen LogP contribution in [0.25, 0.3) is 0 Å². The number of hydrogen-bond donors (Lipinski definition) is 1. The minimum atomic E-state index is 0.559. The number of rotatable bonds is 4. The first-order valence-corrected chi connectivity index (χ1v) is 7.58. The number of aromatic nitrogens is 2. The monoisotopic (exact) mass is 339 g/mol. The zero-order valence-electron chi connectivity index (χ0n) is 12.8. The SMILES string of the molecule is CN=C(NCc1nccn1C)N(C)Cc1ccc(Cl)c(Cl)c1. The average molecular weight is 340 g/mol. The highest BCUT2D eigenvalue weighted by Crippen LogP contribution is 2.23. The molecular formula is C15H19Cl2N5. The van der Waals surface area contributed by atoms with Crippen LogP contribution in [0.15, 0.2) is 35.6 Å². The minimum Gasteiger partial charge on any atom is -0.349 e. The number of nitrogens with zero attached hydrogens (tertiary/aromatic N) is 4. The van der Waals surface area contributed by atoms with Gasteiger partial charge in [-0.05, 0) is 17.7 Å². The van der Waals surface area contributed by atoms with Gasteiger partial charge in [0.2, 0.25) is 0 Å². The van der Waals surface area contributed by atoms with Gasteiger partial charge in [-0.25, -0.2) is 4.98 Å². The summed E-state index contributed by atoms with van der Waals surface area (Å²) >= 11 is 12.0. The fourth-order valence-electron chi connectivity index (χ4n) is 2.10. The third-order valence-electron chi connectivity index (χ3n) is 3.30. The van der Waals surface area contributed by atoms with E-state index in [2.05, 4.69) is 15.3 Å². The predicted octanol–water partition coefficient (Wildman–Crippen LogP) is 2.93. The molecule has 0 aliphatic heterocycles. The van der Waals surface area contributed by atoms with Gasteiger partial charge in [0.05, 0.1) is 16.6 Å². The summed E-state index contributed by atoms with van der Waals surface area (Å²) in [6.07, 6.45) is 3.69. The number of guanidine groups is 1. The van der Waals surface area contributed by atoms with E-state index in [1.807, 2.05) is 41.9 Å². The van der Waals surface area contributed by atoms with Crippen LogP contribution in [0, 0.1) is 0 Å². The van der Waals surface area contributed by atoms with E-state index < -0.39 is 0 Å². The number of imidazole rings is 1. The highest BCUT2D eigenvalue weighted by molar-refractivity contribution is 6.42. The molecule has 1 heterocycles. The van der Waals surface area contributed by atoms with Crippen molar-refractivity contribution in [1.29, 1.82) is 0 Å². The molecule has 0 amide bonds. The first-order chi connectivity index (χ1) is 10.5. The summed E-state index contributed by atoms with van der Waals surface area (Å²) < 4.78 is 1.97. The van der Waals surface area contributed by atoms with Crippen molar-refractivity contribution in [3.05, 3.63) is 52.0 Å². The van der Waals surface area contributed by atoms with Crippen LogP contribution in [0.1, 0.15) is 11.4 Å². The van der Waals surface area contributed by atoms with Crippen LogP contribution >= 0.6 is 23.2 Å². The van der Waals surface area contributed by atoms with Crippen LogP contribution in [-0.4, -0.2) is 34.5 Å². The third kappa shape index (κ3) is 4.15. The van der Waals surface area contributed by atoms with E-state index in [-0.39, 0.29) is 0 Å². The van der Waals surface area contributed by atoms with Crippen molar-refractivity contribution in [3.63, 3.8) is 0 Å². The summed E-state index contributed by atoms with van der Waals surface area (Å²) in [5.74, 6) is 1.73. The van der Waals surface area contributed by atoms with Crippen molar-refractivity contribution in [2.45, 2.75) is 13.1 Å². The highest BCUT2D eigenvalue weighted by atomic mass is 35.5. The smallest absolute Gasteiger partial charge is 0.194 e. The third-order valence-corrected chi connectivity index (χ3v) is 4.04. The molecule has 0 aliphatic rings. The summed E-state index contributed by atoms with van der Waals surface area (Å²) in [7, 11) is 5.69. The van der Waals surface area contributed by atoms with Crippen LogP contribution < -0.4 is 5.32 Å². The van der Waals surface area contributed by atoms with E-state index >= 15 is 0 Å². The van der Waals surface area contributed by atoms with Gasteiger partial charge in [0.15, 0.2) is 5.96 Å². The first-order valence-electron chi connectivity index (χ1n) is 6.83. The van der Waals surface area contributed by atoms with Crippen molar-refractivity contribution >= 4 is 29.2 Å². The van der Waals surface area contributed by atoms with Gasteiger partial charge < -0.3 is 14.8 Å². The van der Waals surface area contributed by atoms with Crippen LogP contribution in [0.3, 0.4) is 0 Å². The van der Waals surface area contributed by atoms with Gasteiger partial charge in [0, 0.05) is 40.1 Å². The van der Waals surface area contributed by atoms with Crippen molar-refractivity contribution in [3.8, 4) is 0 Å². The summed E-state index contributed by atoms with van der Waals surface area (Å²) in [5, 5.41) is 4.41. The molecule has 0 unspecified atom stereocenters. The second-order valence-corrected chi connectivity index (χ2v) is 5.77. The lowest BCUT2D eigenvalue weighted by Crippen LogP contribution is -2.38. The topological polar surface area (TPSA) is 45.5 Å². The largest absolute Gasteiger partial charge is 0.349 e. The molecule has 0 spiro atoms. The molecule has 5 nitrogen and oxygen atoms in total. The average Bonchev–Trinajstić information content (AvgIpc) is 2.89. The number of benzene rings is 1. The zero-order chi connectivity index (χ0) is 16.1. The molecule has 0 atom stereocenters. The maximum absolute atomic E-state index is 6.05. The lowest BCUT2D eigenvalue weighted by atomic mass is 10.2. The fraction of sp³-hybridized carbons (Fsp3) is 0.333. The molecule has 2 aromatic rings. The van der Waals surface area contributed by atoms with Gasteiger partial charge >= 0.3 is 0 Å². The number of nitrogens with one attached hydrogen (secondary N) is 1. The molecule has 0 fully saturated rings. The predicted molar refractivity (Wildman–Crippen MR) is 91.3 cm³/mol. The van der Waals surface area contributed by atoms with Crippen LogP contribution in [0.2, 0.25) is 10.0 Å². The number of halogens is 2. The summed E-state index contributed by atoms with van der Waals surface area (Å²) in [6.45, 7) is 1.29. The van der Waals surface area contributed by atoms with Gasteiger partial charge in [0.25, 0.3) is 0 Å². The lowest BCUT2D eigenvalue weighted by molar-refractivity contribution is 0.474. The van der Waals surface area contributed by atoms with Crippen LogP contribution in [-0.2, 0) is 20.1 Å². The van der Waals surface area contributed by atoms with Gasteiger partial charge in [-0.15, -0.1) is 0 Å². The molecule has 7 heteroatoms. The van der Waals surface area contributed by atoms with Gasteiger partial charge in [0.1, 0.15) is 5.82 Å². The van der Waals surface area contributed by atoms with Crippen LogP contribution in [0.5, 0.6) is 0 Å². The first kappa shape index (κ1) is 16.6. The Morgan fingerprint density at radius 3 is 2.73 bits per heavy atom. The lowest BCUT2D eigenvalue weighted by Gasteiger charge is -2.22. The minimum absolute atomic E-state index is 0.559. The maximum atomic E-state index is 6.05. The molecule has 2 rings (SSSR count). The van der Waals surface area contributed by atoms with Crippen molar-refractivity contribution in [1.82, 2.24) is 19.8 Å². The maximum Gasteiger partial charge on any atom is 0.194 e. The molecule has 1 aromatic carbocycles. The molecule has 0 radical (unpaired) electrons. The Labute approximate surface area is 140 Å². The fourth-order valence-corrected chi connectivity index (χ4v) is 2.42. The molecule has 0 saturated heterocycles. The quantitative estimate of drug-likeness (QED) is 0.688. The Bertz CT molecular complexity index is 666. The number of aliphatic imine (C=N–C) groups is 1.